The molecule has 4 N–H and O–H groups in total. The molecule has 1 aromatic carbocycles. The Morgan fingerprint density at radius 2 is 1.94 bits per heavy atom. The van der Waals surface area contributed by atoms with Crippen LogP contribution in [-0.2, 0) is 23.8 Å². The number of halogens is 3. The van der Waals surface area contributed by atoms with Crippen LogP contribution in [0.2, 0.25) is 0 Å². The third kappa shape index (κ3) is 4.73. The average Bonchev–Trinajstić information content (AvgIpc) is 2.77. The minimum Gasteiger partial charge on any atom is -0.399 e. The molecule has 2 heterocycles. The van der Waals surface area contributed by atoms with E-state index >= 15 is 0 Å². The molecule has 0 bridgehead atoms. The van der Waals surface area contributed by atoms with Crippen LogP contribution in [0.4, 0.5) is 36.3 Å². The van der Waals surface area contributed by atoms with E-state index in [2.05, 4.69) is 20.5 Å². The molecular weight excluding hydrogens is 421 g/mol. The second-order valence-electron chi connectivity index (χ2n) is 8.37. The number of rotatable bonds is 4. The van der Waals surface area contributed by atoms with Crippen molar-refractivity contribution in [2.45, 2.75) is 44.7 Å². The Balaban J connectivity index is 1.68. The number of fused-ring (bicyclic) bond motifs is 1. The van der Waals surface area contributed by atoms with Gasteiger partial charge in [-0.2, -0.15) is 18.2 Å². The number of hydrogen-bond donors (Lipinski definition) is 3. The second-order valence-corrected chi connectivity index (χ2v) is 8.37. The first-order valence-electron chi connectivity index (χ1n) is 10.9. The van der Waals surface area contributed by atoms with Crippen molar-refractivity contribution in [1.29, 1.82) is 0 Å². The van der Waals surface area contributed by atoms with Crippen molar-refractivity contribution in [2.75, 3.05) is 36.1 Å². The van der Waals surface area contributed by atoms with Gasteiger partial charge < -0.3 is 21.3 Å². The Morgan fingerprint density at radius 1 is 1.16 bits per heavy atom. The highest BCUT2D eigenvalue weighted by Gasteiger charge is 2.32. The fraction of sp³-hybridized carbons (Fsp3) is 0.500. The van der Waals surface area contributed by atoms with Gasteiger partial charge >= 0.3 is 6.18 Å². The van der Waals surface area contributed by atoms with Crippen molar-refractivity contribution in [1.82, 2.24) is 15.3 Å². The van der Waals surface area contributed by atoms with Crippen molar-refractivity contribution in [3.63, 3.8) is 0 Å². The second kappa shape index (κ2) is 8.84. The zero-order valence-electron chi connectivity index (χ0n) is 17.9. The molecule has 1 aromatic heterocycles. The molecule has 0 saturated carbocycles. The van der Waals surface area contributed by atoms with E-state index in [1.54, 1.807) is 7.05 Å². The molecule has 10 heteroatoms. The van der Waals surface area contributed by atoms with Gasteiger partial charge in [0.05, 0.1) is 17.2 Å². The Bertz CT molecular complexity index is 1010. The van der Waals surface area contributed by atoms with Crippen LogP contribution in [0.25, 0.3) is 0 Å². The Hall–Kier alpha value is -3.04. The number of nitrogen functional groups attached to an aromatic ring is 1. The summed E-state index contributed by atoms with van der Waals surface area (Å²) in [5.41, 5.74) is 7.03. The van der Waals surface area contributed by atoms with Gasteiger partial charge in [0.1, 0.15) is 5.82 Å². The summed E-state index contributed by atoms with van der Waals surface area (Å²) in [5.74, 6) is 0.894. The maximum absolute atomic E-state index is 13.2. The fourth-order valence-corrected chi connectivity index (χ4v) is 4.50. The van der Waals surface area contributed by atoms with Crippen LogP contribution < -0.4 is 21.3 Å². The number of piperidine rings is 1. The van der Waals surface area contributed by atoms with Crippen molar-refractivity contribution >= 4 is 29.0 Å². The summed E-state index contributed by atoms with van der Waals surface area (Å²) in [6, 6.07) is 3.33. The standard InChI is InChI=1S/C22H27F3N6O/c1-27-20(32)13-5-4-8-31(12-13)19-17-6-2-3-7-18(17)29-21(30-19)28-16-10-14(22(23,24)25)9-15(26)11-16/h9-11,13H,2-8,12,26H2,1H3,(H,27,32)(H,28,29,30)/t13-/m1/s1. The van der Waals surface area contributed by atoms with E-state index in [0.717, 1.165) is 74.3 Å². The Morgan fingerprint density at radius 3 is 2.69 bits per heavy atom. The minimum atomic E-state index is -4.50. The van der Waals surface area contributed by atoms with E-state index in [4.69, 9.17) is 10.7 Å². The number of aryl methyl sites for hydroxylation is 1. The number of alkyl halides is 3. The zero-order valence-corrected chi connectivity index (χ0v) is 17.9. The van der Waals surface area contributed by atoms with Crippen LogP contribution in [-0.4, -0.2) is 36.0 Å². The molecule has 2 aliphatic rings. The van der Waals surface area contributed by atoms with E-state index in [0.29, 0.717) is 6.54 Å². The third-order valence-corrected chi connectivity index (χ3v) is 6.04. The highest BCUT2D eigenvalue weighted by Crippen LogP contribution is 2.35. The zero-order chi connectivity index (χ0) is 22.9. The molecule has 0 radical (unpaired) electrons. The highest BCUT2D eigenvalue weighted by atomic mass is 19.4. The number of nitrogens with two attached hydrogens (primary N) is 1. The first-order valence-corrected chi connectivity index (χ1v) is 10.9. The van der Waals surface area contributed by atoms with Crippen LogP contribution in [0.15, 0.2) is 18.2 Å². The van der Waals surface area contributed by atoms with Gasteiger partial charge in [-0.15, -0.1) is 0 Å². The van der Waals surface area contributed by atoms with Crippen LogP contribution in [0, 0.1) is 5.92 Å². The number of carbonyl (C=O) groups excluding carboxylic acids is 1. The Labute approximate surface area is 184 Å². The fourth-order valence-electron chi connectivity index (χ4n) is 4.50. The lowest BCUT2D eigenvalue weighted by Crippen LogP contribution is -2.43. The normalized spacial score (nSPS) is 18.8. The number of hydrogen-bond acceptors (Lipinski definition) is 6. The molecule has 172 valence electrons. The number of carbonyl (C=O) groups is 1. The number of anilines is 4. The molecule has 0 unspecified atom stereocenters. The average molecular weight is 448 g/mol. The maximum Gasteiger partial charge on any atom is 0.416 e. The van der Waals surface area contributed by atoms with E-state index in [1.807, 2.05) is 0 Å². The predicted octanol–water partition coefficient (Wildman–Crippen LogP) is 3.66. The number of benzene rings is 1. The topological polar surface area (TPSA) is 96.2 Å². The van der Waals surface area contributed by atoms with Crippen molar-refractivity contribution in [3.05, 3.63) is 35.0 Å². The summed E-state index contributed by atoms with van der Waals surface area (Å²) in [4.78, 5) is 23.6. The van der Waals surface area contributed by atoms with Gasteiger partial charge in [-0.3, -0.25) is 4.79 Å². The molecule has 2 aromatic rings. The van der Waals surface area contributed by atoms with Gasteiger partial charge in [-0.1, -0.05) is 0 Å². The van der Waals surface area contributed by atoms with Gasteiger partial charge in [0.2, 0.25) is 11.9 Å². The summed E-state index contributed by atoms with van der Waals surface area (Å²) in [6.07, 6.45) is 0.852. The molecule has 32 heavy (non-hydrogen) atoms. The summed E-state index contributed by atoms with van der Waals surface area (Å²) >= 11 is 0. The Kier molecular flexibility index (Phi) is 6.12. The molecule has 7 nitrogen and oxygen atoms in total. The molecule has 1 amide bonds. The third-order valence-electron chi connectivity index (χ3n) is 6.04. The van der Waals surface area contributed by atoms with Crippen molar-refractivity contribution < 1.29 is 18.0 Å². The van der Waals surface area contributed by atoms with Gasteiger partial charge in [-0.05, 0) is 56.7 Å². The van der Waals surface area contributed by atoms with Crippen LogP contribution in [0.5, 0.6) is 0 Å². The van der Waals surface area contributed by atoms with E-state index in [-0.39, 0.29) is 29.1 Å². The van der Waals surface area contributed by atoms with Crippen LogP contribution in [0.3, 0.4) is 0 Å². The van der Waals surface area contributed by atoms with Gasteiger partial charge in [0.25, 0.3) is 0 Å². The molecule has 0 spiro atoms. The van der Waals surface area contributed by atoms with E-state index in [9.17, 15) is 18.0 Å². The first-order chi connectivity index (χ1) is 15.2. The van der Waals surface area contributed by atoms with Crippen LogP contribution >= 0.6 is 0 Å². The van der Waals surface area contributed by atoms with E-state index < -0.39 is 11.7 Å². The van der Waals surface area contributed by atoms with E-state index in [1.165, 1.54) is 6.07 Å². The number of nitrogens with zero attached hydrogens (tertiary/aromatic N) is 3. The van der Waals surface area contributed by atoms with Crippen molar-refractivity contribution in [2.24, 2.45) is 5.92 Å². The molecular formula is C22H27F3N6O. The van der Waals surface area contributed by atoms with Gasteiger partial charge in [0, 0.05) is 37.1 Å². The molecule has 1 aliphatic heterocycles. The summed E-state index contributed by atoms with van der Waals surface area (Å²) < 4.78 is 39.6. The molecule has 1 fully saturated rings. The maximum atomic E-state index is 13.2. The lowest BCUT2D eigenvalue weighted by molar-refractivity contribution is -0.137. The smallest absolute Gasteiger partial charge is 0.399 e. The van der Waals surface area contributed by atoms with Gasteiger partial charge in [-0.25, -0.2) is 4.98 Å². The molecule has 4 rings (SSSR count). The van der Waals surface area contributed by atoms with Crippen LogP contribution in [0.1, 0.15) is 42.5 Å². The predicted molar refractivity (Wildman–Crippen MR) is 117 cm³/mol. The summed E-state index contributed by atoms with van der Waals surface area (Å²) in [5, 5.41) is 5.65. The molecule has 1 aliphatic carbocycles. The quantitative estimate of drug-likeness (QED) is 0.618. The highest BCUT2D eigenvalue weighted by molar-refractivity contribution is 5.79. The lowest BCUT2D eigenvalue weighted by Gasteiger charge is -2.35. The number of amides is 1. The van der Waals surface area contributed by atoms with Crippen molar-refractivity contribution in [3.8, 4) is 0 Å². The minimum absolute atomic E-state index is 0.00459. The number of aromatic nitrogens is 2. The first kappa shape index (κ1) is 22.2. The largest absolute Gasteiger partial charge is 0.416 e. The SMILES string of the molecule is CNC(=O)[C@@H]1CCCN(c2nc(Nc3cc(N)cc(C(F)(F)F)c3)nc3c2CCCC3)C1. The number of nitrogens with one attached hydrogen (secondary N) is 2. The monoisotopic (exact) mass is 448 g/mol. The lowest BCUT2D eigenvalue weighted by atomic mass is 9.93. The van der Waals surface area contributed by atoms with Gasteiger partial charge in [0.15, 0.2) is 0 Å². The summed E-state index contributed by atoms with van der Waals surface area (Å²) in [6.45, 7) is 1.33. The molecule has 1 atom stereocenters. The summed E-state index contributed by atoms with van der Waals surface area (Å²) in [7, 11) is 1.64. The molecule has 1 saturated heterocycles.